The van der Waals surface area contributed by atoms with Crippen LogP contribution in [0.1, 0.15) is 11.7 Å². The highest BCUT2D eigenvalue weighted by atomic mass is 35.5. The lowest BCUT2D eigenvalue weighted by Gasteiger charge is -2.17. The molecule has 1 aromatic heterocycles. The Morgan fingerprint density at radius 2 is 1.60 bits per heavy atom. The molecule has 0 aromatic carbocycles. The van der Waals surface area contributed by atoms with Gasteiger partial charge in [0.15, 0.2) is 0 Å². The summed E-state index contributed by atoms with van der Waals surface area (Å²) >= 11 is 16.9. The van der Waals surface area contributed by atoms with Gasteiger partial charge in [-0.1, -0.05) is 23.2 Å². The van der Waals surface area contributed by atoms with Gasteiger partial charge in [0, 0.05) is 6.54 Å². The predicted molar refractivity (Wildman–Crippen MR) is 57.1 cm³/mol. The largest absolute Gasteiger partial charge is 0.389 e. The van der Waals surface area contributed by atoms with Gasteiger partial charge in [0.05, 0.1) is 11.7 Å². The lowest BCUT2D eigenvalue weighted by atomic mass is 10.1. The molecule has 0 aliphatic heterocycles. The van der Waals surface area contributed by atoms with Crippen LogP contribution in [0, 0.1) is 0 Å². The molecule has 0 aliphatic carbocycles. The van der Waals surface area contributed by atoms with Crippen molar-refractivity contribution in [3.05, 3.63) is 21.2 Å². The summed E-state index contributed by atoms with van der Waals surface area (Å²) in [7, 11) is 0. The van der Waals surface area contributed by atoms with Crippen molar-refractivity contribution in [2.24, 2.45) is 5.73 Å². The van der Waals surface area contributed by atoms with Gasteiger partial charge in [-0.25, -0.2) is 9.97 Å². The number of nitrogens with two attached hydrogens (primary N) is 1. The van der Waals surface area contributed by atoms with Crippen molar-refractivity contribution in [3.63, 3.8) is 0 Å². The number of rotatable bonds is 3. The summed E-state index contributed by atoms with van der Waals surface area (Å²) in [5, 5.41) is 18.6. The van der Waals surface area contributed by atoms with Gasteiger partial charge in [-0.05, 0) is 11.6 Å². The molecule has 0 aliphatic rings. The van der Waals surface area contributed by atoms with Crippen molar-refractivity contribution < 1.29 is 10.2 Å². The van der Waals surface area contributed by atoms with Crippen molar-refractivity contribution in [2.75, 3.05) is 6.54 Å². The number of aromatic nitrogens is 2. The van der Waals surface area contributed by atoms with E-state index in [9.17, 15) is 10.2 Å². The van der Waals surface area contributed by atoms with Gasteiger partial charge in [-0.15, -0.1) is 0 Å². The molecule has 1 rings (SSSR count). The molecule has 2 unspecified atom stereocenters. The van der Waals surface area contributed by atoms with Crippen molar-refractivity contribution >= 4 is 34.8 Å². The monoisotopic (exact) mass is 271 g/mol. The smallest absolute Gasteiger partial charge is 0.225 e. The molecular formula is C7H8Cl3N3O2. The summed E-state index contributed by atoms with van der Waals surface area (Å²) in [6, 6.07) is 0. The van der Waals surface area contributed by atoms with E-state index in [1.54, 1.807) is 0 Å². The van der Waals surface area contributed by atoms with Crippen LogP contribution in [0.5, 0.6) is 0 Å². The highest BCUT2D eigenvalue weighted by Gasteiger charge is 2.24. The summed E-state index contributed by atoms with van der Waals surface area (Å²) < 4.78 is 0. The van der Waals surface area contributed by atoms with E-state index in [-0.39, 0.29) is 27.7 Å². The van der Waals surface area contributed by atoms with Gasteiger partial charge in [0.1, 0.15) is 16.4 Å². The van der Waals surface area contributed by atoms with Gasteiger partial charge in [-0.2, -0.15) is 0 Å². The zero-order chi connectivity index (χ0) is 11.6. The van der Waals surface area contributed by atoms with Crippen molar-refractivity contribution in [1.29, 1.82) is 0 Å². The number of nitrogens with zero attached hydrogens (tertiary/aromatic N) is 2. The van der Waals surface area contributed by atoms with E-state index in [0.717, 1.165) is 0 Å². The average molecular weight is 273 g/mol. The Labute approximate surface area is 101 Å². The quantitative estimate of drug-likeness (QED) is 0.559. The van der Waals surface area contributed by atoms with E-state index in [0.29, 0.717) is 0 Å². The Morgan fingerprint density at radius 1 is 1.13 bits per heavy atom. The van der Waals surface area contributed by atoms with E-state index < -0.39 is 12.2 Å². The van der Waals surface area contributed by atoms with Crippen molar-refractivity contribution in [1.82, 2.24) is 9.97 Å². The Balaban J connectivity index is 3.13. The van der Waals surface area contributed by atoms with Crippen LogP contribution in [0.4, 0.5) is 0 Å². The van der Waals surface area contributed by atoms with Gasteiger partial charge in [0.25, 0.3) is 0 Å². The van der Waals surface area contributed by atoms with Crippen LogP contribution in [0.15, 0.2) is 0 Å². The molecule has 15 heavy (non-hydrogen) atoms. The lowest BCUT2D eigenvalue weighted by molar-refractivity contribution is 0.0240. The minimum absolute atomic E-state index is 0.0145. The average Bonchev–Trinajstić information content (AvgIpc) is 2.14. The lowest BCUT2D eigenvalue weighted by Crippen LogP contribution is -2.27. The Kier molecular flexibility index (Phi) is 4.51. The highest BCUT2D eigenvalue weighted by molar-refractivity contribution is 6.36. The summed E-state index contributed by atoms with van der Waals surface area (Å²) in [5.74, 6) is 0. The molecule has 2 atom stereocenters. The van der Waals surface area contributed by atoms with Crippen LogP contribution >= 0.6 is 34.8 Å². The third-order valence-electron chi connectivity index (χ3n) is 1.73. The van der Waals surface area contributed by atoms with Crippen LogP contribution in [-0.4, -0.2) is 32.8 Å². The number of hydrogen-bond acceptors (Lipinski definition) is 5. The van der Waals surface area contributed by atoms with E-state index in [1.165, 1.54) is 0 Å². The van der Waals surface area contributed by atoms with E-state index in [4.69, 9.17) is 40.5 Å². The molecule has 0 saturated carbocycles. The molecule has 84 valence electrons. The Hall–Kier alpha value is -0.170. The first kappa shape index (κ1) is 12.9. The van der Waals surface area contributed by atoms with Crippen molar-refractivity contribution in [2.45, 2.75) is 12.2 Å². The zero-order valence-corrected chi connectivity index (χ0v) is 9.63. The first-order valence-electron chi connectivity index (χ1n) is 3.92. The van der Waals surface area contributed by atoms with Crippen LogP contribution in [0.2, 0.25) is 15.6 Å². The first-order chi connectivity index (χ1) is 6.97. The molecule has 0 saturated heterocycles. The highest BCUT2D eigenvalue weighted by Crippen LogP contribution is 2.30. The van der Waals surface area contributed by atoms with E-state index in [2.05, 4.69) is 9.97 Å². The third-order valence-corrected chi connectivity index (χ3v) is 2.47. The first-order valence-corrected chi connectivity index (χ1v) is 5.05. The topological polar surface area (TPSA) is 92.3 Å². The van der Waals surface area contributed by atoms with Crippen LogP contribution < -0.4 is 5.73 Å². The normalized spacial score (nSPS) is 15.1. The standard InChI is InChI=1S/C7H8Cl3N3O2/c8-5-3(4(15)2(14)1-11)6(9)13-7(10)12-5/h2,4,14-15H,1,11H2. The molecule has 0 fully saturated rings. The summed E-state index contributed by atoms with van der Waals surface area (Å²) in [6.07, 6.45) is -2.53. The fraction of sp³-hybridized carbons (Fsp3) is 0.429. The number of hydrogen-bond donors (Lipinski definition) is 3. The molecule has 0 radical (unpaired) electrons. The Morgan fingerprint density at radius 3 is 2.00 bits per heavy atom. The second-order valence-electron chi connectivity index (χ2n) is 2.74. The number of aliphatic hydroxyl groups excluding tert-OH is 2. The molecule has 1 aromatic rings. The number of halogens is 3. The maximum absolute atomic E-state index is 9.62. The molecule has 0 spiro atoms. The molecular weight excluding hydrogens is 264 g/mol. The predicted octanol–water partition coefficient (Wildman–Crippen LogP) is 0.790. The second kappa shape index (κ2) is 5.25. The Bertz CT molecular complexity index is 340. The molecule has 0 bridgehead atoms. The minimum Gasteiger partial charge on any atom is -0.389 e. The van der Waals surface area contributed by atoms with Gasteiger partial charge in [-0.3, -0.25) is 0 Å². The summed E-state index contributed by atoms with van der Waals surface area (Å²) in [5.41, 5.74) is 5.19. The molecule has 1 heterocycles. The van der Waals surface area contributed by atoms with Crippen molar-refractivity contribution in [3.8, 4) is 0 Å². The van der Waals surface area contributed by atoms with Gasteiger partial charge >= 0.3 is 0 Å². The molecule has 8 heteroatoms. The van der Waals surface area contributed by atoms with Gasteiger partial charge in [0.2, 0.25) is 5.28 Å². The maximum Gasteiger partial charge on any atom is 0.225 e. The van der Waals surface area contributed by atoms with Crippen LogP contribution in [0.3, 0.4) is 0 Å². The van der Waals surface area contributed by atoms with E-state index >= 15 is 0 Å². The van der Waals surface area contributed by atoms with Gasteiger partial charge < -0.3 is 15.9 Å². The SMILES string of the molecule is NCC(O)C(O)c1c(Cl)nc(Cl)nc1Cl. The molecule has 0 amide bonds. The zero-order valence-electron chi connectivity index (χ0n) is 7.36. The fourth-order valence-electron chi connectivity index (χ4n) is 0.958. The van der Waals surface area contributed by atoms with Crippen LogP contribution in [0.25, 0.3) is 0 Å². The van der Waals surface area contributed by atoms with Crippen LogP contribution in [-0.2, 0) is 0 Å². The second-order valence-corrected chi connectivity index (χ2v) is 3.79. The fourth-order valence-corrected chi connectivity index (χ4v) is 1.82. The number of aliphatic hydroxyl groups is 2. The van der Waals surface area contributed by atoms with E-state index in [1.807, 2.05) is 0 Å². The maximum atomic E-state index is 9.62. The summed E-state index contributed by atoms with van der Waals surface area (Å²) in [6.45, 7) is -0.142. The minimum atomic E-state index is -1.34. The molecule has 5 nitrogen and oxygen atoms in total. The third kappa shape index (κ3) is 2.90. The molecule has 4 N–H and O–H groups in total. The summed E-state index contributed by atoms with van der Waals surface area (Å²) in [4.78, 5) is 7.19.